The van der Waals surface area contributed by atoms with Crippen LogP contribution in [0, 0.1) is 5.82 Å². The van der Waals surface area contributed by atoms with Gasteiger partial charge >= 0.3 is 0 Å². The predicted octanol–water partition coefficient (Wildman–Crippen LogP) is 0.718. The minimum Gasteiger partial charge on any atom is -0.469 e. The zero-order valence-corrected chi connectivity index (χ0v) is 8.50. The van der Waals surface area contributed by atoms with Crippen LogP contribution < -0.4 is 10.1 Å². The summed E-state index contributed by atoms with van der Waals surface area (Å²) in [4.78, 5) is 3.93. The smallest absolute Gasteiger partial charge is 0.218 e. The standard InChI is InChI=1S/C10H13FN2O2/c1-12-3-7-2-8(11)4-13-10(7)15-9-5-14-6-9/h2,4,9,12H,3,5-6H2,1H3. The molecule has 0 aromatic carbocycles. The number of rotatable bonds is 4. The van der Waals surface area contributed by atoms with E-state index in [0.29, 0.717) is 25.6 Å². The molecule has 0 radical (unpaired) electrons. The van der Waals surface area contributed by atoms with Crippen LogP contribution in [0.5, 0.6) is 5.88 Å². The van der Waals surface area contributed by atoms with E-state index in [9.17, 15) is 4.39 Å². The summed E-state index contributed by atoms with van der Waals surface area (Å²) in [5.41, 5.74) is 0.726. The summed E-state index contributed by atoms with van der Waals surface area (Å²) in [6.45, 7) is 1.70. The quantitative estimate of drug-likeness (QED) is 0.798. The molecule has 0 amide bonds. The molecule has 0 aliphatic carbocycles. The highest BCUT2D eigenvalue weighted by Crippen LogP contribution is 2.19. The van der Waals surface area contributed by atoms with Crippen molar-refractivity contribution >= 4 is 0 Å². The lowest BCUT2D eigenvalue weighted by Crippen LogP contribution is -2.39. The number of nitrogens with zero attached hydrogens (tertiary/aromatic N) is 1. The fourth-order valence-corrected chi connectivity index (χ4v) is 1.33. The number of nitrogens with one attached hydrogen (secondary N) is 1. The van der Waals surface area contributed by atoms with Gasteiger partial charge in [-0.15, -0.1) is 0 Å². The van der Waals surface area contributed by atoms with Crippen molar-refractivity contribution in [1.29, 1.82) is 0 Å². The minimum absolute atomic E-state index is 0.0542. The summed E-state index contributed by atoms with van der Waals surface area (Å²) in [6, 6.07) is 1.43. The molecule has 1 saturated heterocycles. The van der Waals surface area contributed by atoms with Crippen molar-refractivity contribution in [3.63, 3.8) is 0 Å². The Bertz CT molecular complexity index is 342. The minimum atomic E-state index is -0.350. The maximum atomic E-state index is 12.9. The predicted molar refractivity (Wildman–Crippen MR) is 52.2 cm³/mol. The average Bonchev–Trinajstić information content (AvgIpc) is 2.14. The average molecular weight is 212 g/mol. The molecule has 2 heterocycles. The first kappa shape index (κ1) is 10.3. The summed E-state index contributed by atoms with van der Waals surface area (Å²) in [7, 11) is 1.79. The highest BCUT2D eigenvalue weighted by Gasteiger charge is 2.22. The highest BCUT2D eigenvalue weighted by molar-refractivity contribution is 5.26. The van der Waals surface area contributed by atoms with Crippen LogP contribution in [0.4, 0.5) is 4.39 Å². The molecule has 0 saturated carbocycles. The van der Waals surface area contributed by atoms with Crippen LogP contribution in [-0.4, -0.2) is 31.3 Å². The number of aromatic nitrogens is 1. The molecule has 15 heavy (non-hydrogen) atoms. The molecule has 5 heteroatoms. The Hall–Kier alpha value is -1.20. The summed E-state index contributed by atoms with van der Waals surface area (Å²) >= 11 is 0. The summed E-state index contributed by atoms with van der Waals surface area (Å²) in [5.74, 6) is 0.136. The topological polar surface area (TPSA) is 43.4 Å². The van der Waals surface area contributed by atoms with E-state index in [1.807, 2.05) is 0 Å². The first-order valence-corrected chi connectivity index (χ1v) is 4.83. The van der Waals surface area contributed by atoms with Gasteiger partial charge in [0.25, 0.3) is 0 Å². The Morgan fingerprint density at radius 2 is 2.47 bits per heavy atom. The summed E-state index contributed by atoms with van der Waals surface area (Å²) in [6.07, 6.45) is 1.21. The van der Waals surface area contributed by atoms with Crippen molar-refractivity contribution in [3.05, 3.63) is 23.6 Å². The van der Waals surface area contributed by atoms with Gasteiger partial charge in [-0.3, -0.25) is 0 Å². The molecule has 1 aliphatic heterocycles. The number of hydrogen-bond donors (Lipinski definition) is 1. The molecule has 0 unspecified atom stereocenters. The fraction of sp³-hybridized carbons (Fsp3) is 0.500. The number of pyridine rings is 1. The van der Waals surface area contributed by atoms with E-state index >= 15 is 0 Å². The maximum absolute atomic E-state index is 12.9. The van der Waals surface area contributed by atoms with E-state index in [1.165, 1.54) is 6.07 Å². The fourth-order valence-electron chi connectivity index (χ4n) is 1.33. The van der Waals surface area contributed by atoms with Crippen LogP contribution in [-0.2, 0) is 11.3 Å². The Kier molecular flexibility index (Phi) is 3.13. The lowest BCUT2D eigenvalue weighted by molar-refractivity contribution is -0.0817. The number of hydrogen-bond acceptors (Lipinski definition) is 4. The Labute approximate surface area is 87.4 Å². The third kappa shape index (κ3) is 2.43. The van der Waals surface area contributed by atoms with Crippen LogP contribution >= 0.6 is 0 Å². The lowest BCUT2D eigenvalue weighted by atomic mass is 10.2. The van der Waals surface area contributed by atoms with E-state index in [2.05, 4.69) is 10.3 Å². The second-order valence-electron chi connectivity index (χ2n) is 3.43. The summed E-state index contributed by atoms with van der Waals surface area (Å²) in [5, 5.41) is 2.94. The highest BCUT2D eigenvalue weighted by atomic mass is 19.1. The van der Waals surface area contributed by atoms with E-state index in [4.69, 9.17) is 9.47 Å². The van der Waals surface area contributed by atoms with Gasteiger partial charge in [0.2, 0.25) is 5.88 Å². The number of ether oxygens (including phenoxy) is 2. The van der Waals surface area contributed by atoms with Crippen molar-refractivity contribution in [2.45, 2.75) is 12.6 Å². The molecule has 2 rings (SSSR count). The van der Waals surface area contributed by atoms with Crippen LogP contribution in [0.1, 0.15) is 5.56 Å². The van der Waals surface area contributed by atoms with Gasteiger partial charge < -0.3 is 14.8 Å². The molecule has 4 nitrogen and oxygen atoms in total. The molecule has 0 spiro atoms. The maximum Gasteiger partial charge on any atom is 0.218 e. The van der Waals surface area contributed by atoms with Crippen molar-refractivity contribution in [2.75, 3.05) is 20.3 Å². The van der Waals surface area contributed by atoms with Crippen molar-refractivity contribution in [3.8, 4) is 5.88 Å². The SMILES string of the molecule is CNCc1cc(F)cnc1OC1COC1. The van der Waals surface area contributed by atoms with Crippen LogP contribution in [0.25, 0.3) is 0 Å². The second kappa shape index (κ2) is 4.55. The Morgan fingerprint density at radius 3 is 3.07 bits per heavy atom. The van der Waals surface area contributed by atoms with Gasteiger partial charge in [-0.05, 0) is 13.1 Å². The molecule has 1 fully saturated rings. The molecule has 1 aliphatic rings. The Morgan fingerprint density at radius 1 is 1.67 bits per heavy atom. The van der Waals surface area contributed by atoms with Gasteiger partial charge in [-0.2, -0.15) is 0 Å². The molecule has 0 bridgehead atoms. The van der Waals surface area contributed by atoms with Crippen LogP contribution in [0.15, 0.2) is 12.3 Å². The first-order chi connectivity index (χ1) is 7.29. The van der Waals surface area contributed by atoms with E-state index < -0.39 is 0 Å². The lowest BCUT2D eigenvalue weighted by Gasteiger charge is -2.26. The van der Waals surface area contributed by atoms with Gasteiger partial charge in [0, 0.05) is 12.1 Å². The summed E-state index contributed by atoms with van der Waals surface area (Å²) < 4.78 is 23.5. The van der Waals surface area contributed by atoms with Gasteiger partial charge in [-0.25, -0.2) is 9.37 Å². The largest absolute Gasteiger partial charge is 0.469 e. The molecule has 1 N–H and O–H groups in total. The monoisotopic (exact) mass is 212 g/mol. The first-order valence-electron chi connectivity index (χ1n) is 4.83. The molecule has 1 aromatic heterocycles. The Balaban J connectivity index is 2.12. The van der Waals surface area contributed by atoms with Gasteiger partial charge in [0.1, 0.15) is 11.9 Å². The van der Waals surface area contributed by atoms with Crippen molar-refractivity contribution < 1.29 is 13.9 Å². The zero-order chi connectivity index (χ0) is 10.7. The van der Waals surface area contributed by atoms with Crippen molar-refractivity contribution in [2.24, 2.45) is 0 Å². The molecular formula is C10H13FN2O2. The molecule has 1 aromatic rings. The molecule has 0 atom stereocenters. The molecular weight excluding hydrogens is 199 g/mol. The number of halogens is 1. The molecule has 82 valence electrons. The third-order valence-corrected chi connectivity index (χ3v) is 2.14. The van der Waals surface area contributed by atoms with Crippen LogP contribution in [0.3, 0.4) is 0 Å². The zero-order valence-electron chi connectivity index (χ0n) is 8.50. The third-order valence-electron chi connectivity index (χ3n) is 2.14. The second-order valence-corrected chi connectivity index (χ2v) is 3.43. The van der Waals surface area contributed by atoms with Crippen molar-refractivity contribution in [1.82, 2.24) is 10.3 Å². The van der Waals surface area contributed by atoms with Gasteiger partial charge in [0.05, 0.1) is 19.4 Å². The normalized spacial score (nSPS) is 16.1. The van der Waals surface area contributed by atoms with Crippen LogP contribution in [0.2, 0.25) is 0 Å². The van der Waals surface area contributed by atoms with E-state index in [-0.39, 0.29) is 11.9 Å². The van der Waals surface area contributed by atoms with E-state index in [1.54, 1.807) is 7.05 Å². The van der Waals surface area contributed by atoms with Gasteiger partial charge in [-0.1, -0.05) is 0 Å². The van der Waals surface area contributed by atoms with Gasteiger partial charge in [0.15, 0.2) is 0 Å². The van der Waals surface area contributed by atoms with E-state index in [0.717, 1.165) is 11.8 Å².